The molecule has 2 heteroatoms. The Bertz CT molecular complexity index is 175. The topological polar surface area (TPSA) is 52.0 Å². The zero-order valence-corrected chi connectivity index (χ0v) is 13.2. The van der Waals surface area contributed by atoms with Crippen LogP contribution in [-0.2, 0) is 0 Å². The van der Waals surface area contributed by atoms with Gasteiger partial charge in [0.25, 0.3) is 0 Å². The Hall–Kier alpha value is -0.0800. The van der Waals surface area contributed by atoms with E-state index in [9.17, 15) is 0 Å². The minimum atomic E-state index is 0.0580. The van der Waals surface area contributed by atoms with Crippen molar-refractivity contribution >= 4 is 0 Å². The molecule has 0 heterocycles. The first-order valence-corrected chi connectivity index (χ1v) is 7.91. The maximum absolute atomic E-state index is 6.13. The van der Waals surface area contributed by atoms with E-state index in [1.807, 2.05) is 0 Å². The maximum Gasteiger partial charge on any atom is 0.0123 e. The summed E-state index contributed by atoms with van der Waals surface area (Å²) in [6, 6.07) is 0. The Morgan fingerprint density at radius 3 is 1.17 bits per heavy atom. The van der Waals surface area contributed by atoms with Crippen molar-refractivity contribution in [3.63, 3.8) is 0 Å². The van der Waals surface area contributed by atoms with E-state index in [4.69, 9.17) is 11.5 Å². The van der Waals surface area contributed by atoms with Crippen LogP contribution in [0.1, 0.15) is 91.9 Å². The third-order valence-electron chi connectivity index (χ3n) is 4.36. The van der Waals surface area contributed by atoms with E-state index < -0.39 is 0 Å². The predicted octanol–water partition coefficient (Wildman–Crippen LogP) is 4.36. The van der Waals surface area contributed by atoms with Gasteiger partial charge in [0, 0.05) is 11.1 Å². The summed E-state index contributed by atoms with van der Waals surface area (Å²) in [6.45, 7) is 8.69. The van der Waals surface area contributed by atoms with Gasteiger partial charge in [-0.1, -0.05) is 52.4 Å². The largest absolute Gasteiger partial charge is 0.325 e. The molecule has 0 amide bonds. The monoisotopic (exact) mass is 256 g/mol. The highest BCUT2D eigenvalue weighted by atomic mass is 14.7. The summed E-state index contributed by atoms with van der Waals surface area (Å²) < 4.78 is 0. The van der Waals surface area contributed by atoms with Crippen LogP contribution in [0.2, 0.25) is 0 Å². The van der Waals surface area contributed by atoms with Crippen molar-refractivity contribution in [3.05, 3.63) is 0 Å². The van der Waals surface area contributed by atoms with Gasteiger partial charge < -0.3 is 11.5 Å². The zero-order chi connectivity index (χ0) is 14.1. The van der Waals surface area contributed by atoms with Crippen LogP contribution in [0.5, 0.6) is 0 Å². The third kappa shape index (κ3) is 9.90. The molecule has 2 unspecified atom stereocenters. The fourth-order valence-corrected chi connectivity index (χ4v) is 2.12. The maximum atomic E-state index is 6.13. The molecule has 0 rings (SSSR count). The molecule has 0 saturated carbocycles. The molecule has 0 saturated heterocycles. The molecule has 0 aliphatic rings. The average Bonchev–Trinajstić information content (AvgIpc) is 2.32. The first-order valence-electron chi connectivity index (χ1n) is 7.91. The predicted molar refractivity (Wildman–Crippen MR) is 82.7 cm³/mol. The van der Waals surface area contributed by atoms with Gasteiger partial charge in [-0.2, -0.15) is 0 Å². The Morgan fingerprint density at radius 2 is 0.889 bits per heavy atom. The Morgan fingerprint density at radius 1 is 0.611 bits per heavy atom. The molecule has 0 fully saturated rings. The van der Waals surface area contributed by atoms with Gasteiger partial charge in [-0.3, -0.25) is 0 Å². The van der Waals surface area contributed by atoms with Crippen molar-refractivity contribution in [3.8, 4) is 0 Å². The SMILES string of the molecule is CCC(C)(N)CCCCCCCCC(C)(N)CC. The lowest BCUT2D eigenvalue weighted by molar-refractivity contribution is 0.384. The Kier molecular flexibility index (Phi) is 8.89. The van der Waals surface area contributed by atoms with E-state index in [0.29, 0.717) is 0 Å². The van der Waals surface area contributed by atoms with Gasteiger partial charge in [0.2, 0.25) is 0 Å². The van der Waals surface area contributed by atoms with Crippen molar-refractivity contribution in [2.45, 2.75) is 103 Å². The lowest BCUT2D eigenvalue weighted by atomic mass is 9.91. The van der Waals surface area contributed by atoms with Crippen molar-refractivity contribution < 1.29 is 0 Å². The minimum Gasteiger partial charge on any atom is -0.325 e. The van der Waals surface area contributed by atoms with Crippen LogP contribution in [0, 0.1) is 0 Å². The average molecular weight is 256 g/mol. The van der Waals surface area contributed by atoms with Crippen LogP contribution in [0.25, 0.3) is 0 Å². The molecule has 2 nitrogen and oxygen atoms in total. The van der Waals surface area contributed by atoms with Crippen LogP contribution < -0.4 is 11.5 Å². The normalized spacial score (nSPS) is 18.3. The molecular weight excluding hydrogens is 220 g/mol. The van der Waals surface area contributed by atoms with E-state index in [1.165, 1.54) is 51.4 Å². The van der Waals surface area contributed by atoms with Crippen molar-refractivity contribution in [1.82, 2.24) is 0 Å². The molecule has 0 radical (unpaired) electrons. The molecule has 0 aliphatic carbocycles. The standard InChI is InChI=1S/C16H36N2/c1-5-15(3,17)13-11-9-7-8-10-12-14-16(4,18)6-2/h5-14,17-18H2,1-4H3. The summed E-state index contributed by atoms with van der Waals surface area (Å²) in [5.41, 5.74) is 12.4. The van der Waals surface area contributed by atoms with E-state index in [1.54, 1.807) is 0 Å². The highest BCUT2D eigenvalue weighted by molar-refractivity contribution is 4.76. The van der Waals surface area contributed by atoms with E-state index in [0.717, 1.165) is 12.8 Å². The number of rotatable bonds is 11. The Balaban J connectivity index is 3.32. The second kappa shape index (κ2) is 8.92. The number of hydrogen-bond donors (Lipinski definition) is 2. The zero-order valence-electron chi connectivity index (χ0n) is 13.2. The van der Waals surface area contributed by atoms with Crippen molar-refractivity contribution in [1.29, 1.82) is 0 Å². The molecule has 0 spiro atoms. The highest BCUT2D eigenvalue weighted by Gasteiger charge is 2.15. The fraction of sp³-hybridized carbons (Fsp3) is 1.00. The number of hydrogen-bond acceptors (Lipinski definition) is 2. The van der Waals surface area contributed by atoms with Gasteiger partial charge in [0.1, 0.15) is 0 Å². The van der Waals surface area contributed by atoms with Gasteiger partial charge in [0.05, 0.1) is 0 Å². The molecule has 0 aromatic rings. The van der Waals surface area contributed by atoms with Gasteiger partial charge >= 0.3 is 0 Å². The molecular formula is C16H36N2. The lowest BCUT2D eigenvalue weighted by Gasteiger charge is -2.22. The quantitative estimate of drug-likeness (QED) is 0.540. The van der Waals surface area contributed by atoms with Gasteiger partial charge in [-0.15, -0.1) is 0 Å². The molecule has 0 aromatic heterocycles. The van der Waals surface area contributed by atoms with E-state index in [2.05, 4.69) is 27.7 Å². The van der Waals surface area contributed by atoms with Crippen LogP contribution in [0.4, 0.5) is 0 Å². The van der Waals surface area contributed by atoms with E-state index >= 15 is 0 Å². The van der Waals surface area contributed by atoms with Crippen molar-refractivity contribution in [2.24, 2.45) is 11.5 Å². The minimum absolute atomic E-state index is 0.0580. The van der Waals surface area contributed by atoms with Crippen LogP contribution in [-0.4, -0.2) is 11.1 Å². The Labute approximate surface area is 115 Å². The van der Waals surface area contributed by atoms with Crippen LogP contribution >= 0.6 is 0 Å². The smallest absolute Gasteiger partial charge is 0.0123 e. The second-order valence-electron chi connectivity index (χ2n) is 6.64. The second-order valence-corrected chi connectivity index (χ2v) is 6.64. The fourth-order valence-electron chi connectivity index (χ4n) is 2.12. The summed E-state index contributed by atoms with van der Waals surface area (Å²) in [4.78, 5) is 0. The molecule has 110 valence electrons. The highest BCUT2D eigenvalue weighted by Crippen LogP contribution is 2.18. The van der Waals surface area contributed by atoms with Gasteiger partial charge in [-0.25, -0.2) is 0 Å². The summed E-state index contributed by atoms with van der Waals surface area (Å²) in [7, 11) is 0. The first kappa shape index (κ1) is 17.9. The summed E-state index contributed by atoms with van der Waals surface area (Å²) >= 11 is 0. The van der Waals surface area contributed by atoms with Gasteiger partial charge in [0.15, 0.2) is 0 Å². The summed E-state index contributed by atoms with van der Waals surface area (Å²) in [6.07, 6.45) is 12.4. The molecule has 0 bridgehead atoms. The summed E-state index contributed by atoms with van der Waals surface area (Å²) in [5, 5.41) is 0. The number of unbranched alkanes of at least 4 members (excludes halogenated alkanes) is 5. The number of nitrogens with two attached hydrogens (primary N) is 2. The van der Waals surface area contributed by atoms with Crippen LogP contribution in [0.3, 0.4) is 0 Å². The van der Waals surface area contributed by atoms with Gasteiger partial charge in [-0.05, 0) is 39.5 Å². The first-order chi connectivity index (χ1) is 8.33. The van der Waals surface area contributed by atoms with Crippen molar-refractivity contribution in [2.75, 3.05) is 0 Å². The molecule has 0 aromatic carbocycles. The molecule has 2 atom stereocenters. The summed E-state index contributed by atoms with van der Waals surface area (Å²) in [5.74, 6) is 0. The van der Waals surface area contributed by atoms with Crippen LogP contribution in [0.15, 0.2) is 0 Å². The molecule has 18 heavy (non-hydrogen) atoms. The lowest BCUT2D eigenvalue weighted by Crippen LogP contribution is -2.34. The third-order valence-corrected chi connectivity index (χ3v) is 4.36. The molecule has 4 N–H and O–H groups in total. The van der Waals surface area contributed by atoms with E-state index in [-0.39, 0.29) is 11.1 Å². The molecule has 0 aliphatic heterocycles.